The van der Waals surface area contributed by atoms with Crippen molar-refractivity contribution in [2.24, 2.45) is 5.92 Å². The molecule has 1 aliphatic rings. The molecule has 0 amide bonds. The van der Waals surface area contributed by atoms with Crippen LogP contribution in [0.15, 0.2) is 0 Å². The lowest BCUT2D eigenvalue weighted by Crippen LogP contribution is -2.24. The monoisotopic (exact) mass is 175 g/mol. The number of rotatable bonds is 6. The van der Waals surface area contributed by atoms with Gasteiger partial charge in [-0.1, -0.05) is 0 Å². The minimum absolute atomic E-state index is 0.601. The van der Waals surface area contributed by atoms with Crippen molar-refractivity contribution in [3.63, 3.8) is 0 Å². The van der Waals surface area contributed by atoms with Gasteiger partial charge in [0.05, 0.1) is 19.8 Å². The summed E-state index contributed by atoms with van der Waals surface area (Å²) in [6, 6.07) is 0. The molecule has 1 unspecified atom stereocenters. The predicted molar refractivity (Wildman–Crippen MR) is 44.8 cm³/mol. The molecule has 1 rings (SSSR count). The average Bonchev–Trinajstić information content (AvgIpc) is 2.57. The number of nitrogens with one attached hydrogen (secondary N) is 1. The Labute approximate surface area is 73.1 Å². The Hall–Kier alpha value is -0.160. The summed E-state index contributed by atoms with van der Waals surface area (Å²) in [5.74, 6) is 0.618. The van der Waals surface area contributed by atoms with Crippen LogP contribution in [0.4, 0.5) is 0 Å². The number of hydrogen-bond donors (Lipinski definition) is 1. The van der Waals surface area contributed by atoms with E-state index in [1.165, 1.54) is 0 Å². The zero-order valence-corrected chi connectivity index (χ0v) is 7.54. The van der Waals surface area contributed by atoms with Crippen LogP contribution in [0.1, 0.15) is 6.42 Å². The van der Waals surface area contributed by atoms with Crippen molar-refractivity contribution in [1.29, 1.82) is 0 Å². The lowest BCUT2D eigenvalue weighted by Gasteiger charge is -2.08. The topological polar surface area (TPSA) is 39.7 Å². The van der Waals surface area contributed by atoms with Gasteiger partial charge in [0, 0.05) is 20.3 Å². The fourth-order valence-corrected chi connectivity index (χ4v) is 1.12. The highest BCUT2D eigenvalue weighted by molar-refractivity contribution is 4.64. The third-order valence-corrected chi connectivity index (χ3v) is 1.89. The van der Waals surface area contributed by atoms with Crippen molar-refractivity contribution in [3.05, 3.63) is 0 Å². The smallest absolute Gasteiger partial charge is 0.0915 e. The Bertz CT molecular complexity index is 104. The molecule has 0 spiro atoms. The van der Waals surface area contributed by atoms with Gasteiger partial charge in [-0.3, -0.25) is 4.84 Å². The summed E-state index contributed by atoms with van der Waals surface area (Å²) in [4.78, 5) is 5.11. The average molecular weight is 175 g/mol. The molecule has 0 aromatic rings. The fourth-order valence-electron chi connectivity index (χ4n) is 1.12. The minimum Gasteiger partial charge on any atom is -0.382 e. The van der Waals surface area contributed by atoms with Crippen molar-refractivity contribution in [1.82, 2.24) is 5.48 Å². The first-order valence-corrected chi connectivity index (χ1v) is 4.35. The van der Waals surface area contributed by atoms with E-state index in [9.17, 15) is 0 Å². The van der Waals surface area contributed by atoms with Gasteiger partial charge >= 0.3 is 0 Å². The molecule has 1 fully saturated rings. The summed E-state index contributed by atoms with van der Waals surface area (Å²) in [5, 5.41) is 0. The van der Waals surface area contributed by atoms with Gasteiger partial charge in [-0.15, -0.1) is 0 Å². The Kier molecular flexibility index (Phi) is 5.27. The van der Waals surface area contributed by atoms with Gasteiger partial charge in [0.1, 0.15) is 0 Å². The normalized spacial score (nSPS) is 23.2. The summed E-state index contributed by atoms with van der Waals surface area (Å²) >= 11 is 0. The number of hydroxylamine groups is 1. The molecular weight excluding hydrogens is 158 g/mol. The maximum absolute atomic E-state index is 5.22. The molecule has 0 saturated carbocycles. The van der Waals surface area contributed by atoms with Crippen LogP contribution in [0.25, 0.3) is 0 Å². The molecule has 0 aromatic carbocycles. The van der Waals surface area contributed by atoms with Crippen molar-refractivity contribution in [2.45, 2.75) is 6.42 Å². The van der Waals surface area contributed by atoms with Crippen LogP contribution in [0.2, 0.25) is 0 Å². The zero-order valence-electron chi connectivity index (χ0n) is 7.54. The highest BCUT2D eigenvalue weighted by Gasteiger charge is 2.14. The van der Waals surface area contributed by atoms with Gasteiger partial charge in [0.2, 0.25) is 0 Å². The second-order valence-electron chi connectivity index (χ2n) is 2.92. The van der Waals surface area contributed by atoms with Crippen molar-refractivity contribution in [2.75, 3.05) is 40.1 Å². The summed E-state index contributed by atoms with van der Waals surface area (Å²) in [7, 11) is 1.66. The van der Waals surface area contributed by atoms with Crippen LogP contribution in [0, 0.1) is 5.92 Å². The first-order valence-electron chi connectivity index (χ1n) is 4.35. The summed E-state index contributed by atoms with van der Waals surface area (Å²) in [6.45, 7) is 3.87. The molecule has 0 aliphatic carbocycles. The number of hydrogen-bond acceptors (Lipinski definition) is 4. The quantitative estimate of drug-likeness (QED) is 0.462. The molecular formula is C8H17NO3. The molecule has 4 heteroatoms. The van der Waals surface area contributed by atoms with E-state index in [0.717, 1.165) is 26.2 Å². The van der Waals surface area contributed by atoms with Crippen molar-refractivity contribution < 1.29 is 14.3 Å². The molecule has 4 nitrogen and oxygen atoms in total. The van der Waals surface area contributed by atoms with Crippen molar-refractivity contribution >= 4 is 0 Å². The van der Waals surface area contributed by atoms with E-state index in [1.54, 1.807) is 7.11 Å². The van der Waals surface area contributed by atoms with E-state index >= 15 is 0 Å². The van der Waals surface area contributed by atoms with Crippen LogP contribution < -0.4 is 5.48 Å². The van der Waals surface area contributed by atoms with Gasteiger partial charge < -0.3 is 9.47 Å². The molecule has 0 bridgehead atoms. The van der Waals surface area contributed by atoms with E-state index in [2.05, 4.69) is 5.48 Å². The highest BCUT2D eigenvalue weighted by Crippen LogP contribution is 2.10. The summed E-state index contributed by atoms with van der Waals surface area (Å²) in [5.41, 5.74) is 2.90. The SMILES string of the molecule is COCCONCC1CCOC1. The largest absolute Gasteiger partial charge is 0.382 e. The molecule has 1 aliphatic heterocycles. The molecule has 0 radical (unpaired) electrons. The van der Waals surface area contributed by atoms with Gasteiger partial charge in [-0.2, -0.15) is 0 Å². The first-order chi connectivity index (χ1) is 5.93. The lowest BCUT2D eigenvalue weighted by molar-refractivity contribution is 0.000261. The third-order valence-electron chi connectivity index (χ3n) is 1.89. The maximum Gasteiger partial charge on any atom is 0.0915 e. The molecule has 12 heavy (non-hydrogen) atoms. The maximum atomic E-state index is 5.22. The van der Waals surface area contributed by atoms with Crippen LogP contribution in [-0.2, 0) is 14.3 Å². The second-order valence-corrected chi connectivity index (χ2v) is 2.92. The Morgan fingerprint density at radius 3 is 3.08 bits per heavy atom. The molecule has 72 valence electrons. The molecule has 1 heterocycles. The third kappa shape index (κ3) is 4.01. The van der Waals surface area contributed by atoms with Crippen LogP contribution in [0.3, 0.4) is 0 Å². The van der Waals surface area contributed by atoms with E-state index in [-0.39, 0.29) is 0 Å². The summed E-state index contributed by atoms with van der Waals surface area (Å²) in [6.07, 6.45) is 1.14. The molecule has 1 N–H and O–H groups in total. The van der Waals surface area contributed by atoms with E-state index in [1.807, 2.05) is 0 Å². The fraction of sp³-hybridized carbons (Fsp3) is 1.00. The van der Waals surface area contributed by atoms with Gasteiger partial charge in [-0.05, 0) is 12.3 Å². The molecule has 1 saturated heterocycles. The van der Waals surface area contributed by atoms with Crippen LogP contribution >= 0.6 is 0 Å². The summed E-state index contributed by atoms with van der Waals surface area (Å²) < 4.78 is 10.0. The van der Waals surface area contributed by atoms with Gasteiger partial charge in [-0.25, -0.2) is 5.48 Å². The van der Waals surface area contributed by atoms with Crippen LogP contribution in [-0.4, -0.2) is 40.1 Å². The molecule has 0 aromatic heterocycles. The highest BCUT2D eigenvalue weighted by atomic mass is 16.7. The van der Waals surface area contributed by atoms with Gasteiger partial charge in [0.25, 0.3) is 0 Å². The van der Waals surface area contributed by atoms with E-state index < -0.39 is 0 Å². The van der Waals surface area contributed by atoms with E-state index in [0.29, 0.717) is 19.1 Å². The van der Waals surface area contributed by atoms with Crippen molar-refractivity contribution in [3.8, 4) is 0 Å². The predicted octanol–water partition coefficient (Wildman–Crippen LogP) is 0.190. The minimum atomic E-state index is 0.601. The van der Waals surface area contributed by atoms with E-state index in [4.69, 9.17) is 14.3 Å². The lowest BCUT2D eigenvalue weighted by atomic mass is 10.1. The Morgan fingerprint density at radius 1 is 1.50 bits per heavy atom. The zero-order chi connectivity index (χ0) is 8.65. The molecule has 1 atom stereocenters. The van der Waals surface area contributed by atoms with Crippen LogP contribution in [0.5, 0.6) is 0 Å². The standard InChI is InChI=1S/C8H17NO3/c1-10-4-5-12-9-6-8-2-3-11-7-8/h8-9H,2-7H2,1H3. The first kappa shape index (κ1) is 9.92. The van der Waals surface area contributed by atoms with Gasteiger partial charge in [0.15, 0.2) is 0 Å². The number of ether oxygens (including phenoxy) is 2. The number of methoxy groups -OCH3 is 1. The Balaban J connectivity index is 1.81. The second kappa shape index (κ2) is 6.37. The Morgan fingerprint density at radius 2 is 2.42 bits per heavy atom.